The Morgan fingerprint density at radius 2 is 2.00 bits per heavy atom. The van der Waals surface area contributed by atoms with E-state index in [0.717, 1.165) is 15.9 Å². The molecule has 4 nitrogen and oxygen atoms in total. The Hall–Kier alpha value is -1.92. The molecule has 106 valence electrons. The lowest BCUT2D eigenvalue weighted by Gasteiger charge is -2.01. The minimum atomic E-state index is -0.181. The van der Waals surface area contributed by atoms with Crippen LogP contribution in [0.3, 0.4) is 0 Å². The van der Waals surface area contributed by atoms with Crippen LogP contribution < -0.4 is 5.32 Å². The van der Waals surface area contributed by atoms with Gasteiger partial charge in [-0.05, 0) is 43.3 Å². The van der Waals surface area contributed by atoms with Gasteiger partial charge in [0.2, 0.25) is 0 Å². The average molecular weight is 363 g/mol. The van der Waals surface area contributed by atoms with Gasteiger partial charge in [-0.3, -0.25) is 10.1 Å². The van der Waals surface area contributed by atoms with Crippen LogP contribution in [0.5, 0.6) is 0 Å². The van der Waals surface area contributed by atoms with Crippen LogP contribution in [0.4, 0.5) is 5.13 Å². The van der Waals surface area contributed by atoms with Crippen LogP contribution in [0, 0.1) is 6.92 Å². The number of amides is 1. The number of aromatic nitrogens is 1. The van der Waals surface area contributed by atoms with Crippen molar-refractivity contribution in [3.8, 4) is 11.5 Å². The van der Waals surface area contributed by atoms with Crippen molar-refractivity contribution in [1.82, 2.24) is 4.98 Å². The van der Waals surface area contributed by atoms with Gasteiger partial charge in [0.15, 0.2) is 10.9 Å². The lowest BCUT2D eigenvalue weighted by Crippen LogP contribution is -2.11. The van der Waals surface area contributed by atoms with Crippen LogP contribution in [-0.4, -0.2) is 10.9 Å². The number of nitrogens with one attached hydrogen (secondary N) is 1. The highest BCUT2D eigenvalue weighted by Gasteiger charge is 2.11. The molecule has 1 amide bonds. The van der Waals surface area contributed by atoms with E-state index < -0.39 is 0 Å². The first-order chi connectivity index (χ1) is 10.1. The van der Waals surface area contributed by atoms with E-state index in [2.05, 4.69) is 26.2 Å². The van der Waals surface area contributed by atoms with Gasteiger partial charge in [0, 0.05) is 15.4 Å². The molecular formula is C15H11BrN2O2S. The second kappa shape index (κ2) is 5.83. The van der Waals surface area contributed by atoms with Gasteiger partial charge >= 0.3 is 0 Å². The molecule has 0 saturated carbocycles. The van der Waals surface area contributed by atoms with Crippen molar-refractivity contribution < 1.29 is 9.21 Å². The molecular weight excluding hydrogens is 352 g/mol. The molecule has 2 aromatic heterocycles. The Labute approximate surface area is 134 Å². The van der Waals surface area contributed by atoms with Crippen molar-refractivity contribution in [3.05, 3.63) is 57.6 Å². The number of hydrogen-bond donors (Lipinski definition) is 1. The SMILES string of the molecule is Cc1ccc(-c2csc(NC(=O)c3ccc(Br)cc3)n2)o1. The maximum absolute atomic E-state index is 12.1. The summed E-state index contributed by atoms with van der Waals surface area (Å²) in [5.41, 5.74) is 1.31. The monoisotopic (exact) mass is 362 g/mol. The molecule has 1 aromatic carbocycles. The number of halogens is 1. The number of anilines is 1. The Balaban J connectivity index is 1.75. The fourth-order valence-corrected chi connectivity index (χ4v) is 2.75. The molecule has 1 N–H and O–H groups in total. The fourth-order valence-electron chi connectivity index (χ4n) is 1.79. The van der Waals surface area contributed by atoms with Gasteiger partial charge < -0.3 is 4.42 Å². The first-order valence-electron chi connectivity index (χ1n) is 6.21. The smallest absolute Gasteiger partial charge is 0.257 e. The summed E-state index contributed by atoms with van der Waals surface area (Å²) in [7, 11) is 0. The maximum atomic E-state index is 12.1. The Morgan fingerprint density at radius 1 is 1.24 bits per heavy atom. The summed E-state index contributed by atoms with van der Waals surface area (Å²) < 4.78 is 6.45. The van der Waals surface area contributed by atoms with E-state index in [9.17, 15) is 4.79 Å². The number of carbonyl (C=O) groups is 1. The summed E-state index contributed by atoms with van der Waals surface area (Å²) in [6.45, 7) is 1.88. The van der Waals surface area contributed by atoms with Crippen molar-refractivity contribution in [2.24, 2.45) is 0 Å². The molecule has 0 aliphatic rings. The molecule has 0 aliphatic carbocycles. The first-order valence-corrected chi connectivity index (χ1v) is 7.88. The highest BCUT2D eigenvalue weighted by Crippen LogP contribution is 2.26. The lowest BCUT2D eigenvalue weighted by atomic mass is 10.2. The number of nitrogens with zero attached hydrogens (tertiary/aromatic N) is 1. The van der Waals surface area contributed by atoms with Crippen LogP contribution in [-0.2, 0) is 0 Å². The molecule has 0 saturated heterocycles. The summed E-state index contributed by atoms with van der Waals surface area (Å²) in [4.78, 5) is 16.5. The summed E-state index contributed by atoms with van der Waals surface area (Å²) in [6, 6.07) is 10.9. The van der Waals surface area contributed by atoms with E-state index in [1.807, 2.05) is 36.6 Å². The van der Waals surface area contributed by atoms with E-state index in [0.29, 0.717) is 16.5 Å². The Kier molecular flexibility index (Phi) is 3.90. The van der Waals surface area contributed by atoms with E-state index >= 15 is 0 Å². The first kappa shape index (κ1) is 14.0. The van der Waals surface area contributed by atoms with Crippen molar-refractivity contribution >= 4 is 38.3 Å². The van der Waals surface area contributed by atoms with E-state index in [1.165, 1.54) is 11.3 Å². The number of thiazole rings is 1. The number of hydrogen-bond acceptors (Lipinski definition) is 4. The summed E-state index contributed by atoms with van der Waals surface area (Å²) in [5, 5.41) is 5.19. The highest BCUT2D eigenvalue weighted by molar-refractivity contribution is 9.10. The molecule has 0 fully saturated rings. The van der Waals surface area contributed by atoms with Crippen LogP contribution in [0.1, 0.15) is 16.1 Å². The van der Waals surface area contributed by atoms with Crippen LogP contribution in [0.15, 0.2) is 50.7 Å². The zero-order valence-electron chi connectivity index (χ0n) is 11.1. The molecule has 6 heteroatoms. The Bertz CT molecular complexity index is 777. The summed E-state index contributed by atoms with van der Waals surface area (Å²) >= 11 is 4.71. The predicted molar refractivity (Wildman–Crippen MR) is 86.6 cm³/mol. The molecule has 0 atom stereocenters. The molecule has 0 spiro atoms. The standard InChI is InChI=1S/C15H11BrN2O2S/c1-9-2-7-13(20-9)12-8-21-15(17-12)18-14(19)10-3-5-11(16)6-4-10/h2-8H,1H3,(H,17,18,19). The average Bonchev–Trinajstić information content (AvgIpc) is 3.08. The van der Waals surface area contributed by atoms with Crippen molar-refractivity contribution in [2.75, 3.05) is 5.32 Å². The zero-order valence-corrected chi connectivity index (χ0v) is 13.5. The topological polar surface area (TPSA) is 55.1 Å². The van der Waals surface area contributed by atoms with Gasteiger partial charge in [-0.2, -0.15) is 0 Å². The van der Waals surface area contributed by atoms with Crippen molar-refractivity contribution in [2.45, 2.75) is 6.92 Å². The maximum Gasteiger partial charge on any atom is 0.257 e. The molecule has 3 rings (SSSR count). The largest absolute Gasteiger partial charge is 0.460 e. The van der Waals surface area contributed by atoms with Gasteiger partial charge in [-0.25, -0.2) is 4.98 Å². The summed E-state index contributed by atoms with van der Waals surface area (Å²) in [6.07, 6.45) is 0. The zero-order chi connectivity index (χ0) is 14.8. The third kappa shape index (κ3) is 3.22. The molecule has 0 bridgehead atoms. The summed E-state index contributed by atoms with van der Waals surface area (Å²) in [5.74, 6) is 1.35. The van der Waals surface area contributed by atoms with Gasteiger partial charge in [0.1, 0.15) is 11.5 Å². The molecule has 3 aromatic rings. The number of furan rings is 1. The minimum absolute atomic E-state index is 0.181. The quantitative estimate of drug-likeness (QED) is 0.732. The number of benzene rings is 1. The van der Waals surface area contributed by atoms with Gasteiger partial charge in [0.25, 0.3) is 5.91 Å². The van der Waals surface area contributed by atoms with E-state index in [-0.39, 0.29) is 5.91 Å². The van der Waals surface area contributed by atoms with Gasteiger partial charge in [-0.1, -0.05) is 15.9 Å². The van der Waals surface area contributed by atoms with Gasteiger partial charge in [0.05, 0.1) is 0 Å². The van der Waals surface area contributed by atoms with E-state index in [4.69, 9.17) is 4.42 Å². The third-order valence-corrected chi connectivity index (χ3v) is 4.11. The Morgan fingerprint density at radius 3 is 2.67 bits per heavy atom. The van der Waals surface area contributed by atoms with E-state index in [1.54, 1.807) is 12.1 Å². The molecule has 21 heavy (non-hydrogen) atoms. The van der Waals surface area contributed by atoms with Crippen LogP contribution >= 0.6 is 27.3 Å². The number of carbonyl (C=O) groups excluding carboxylic acids is 1. The fraction of sp³-hybridized carbons (Fsp3) is 0.0667. The molecule has 2 heterocycles. The number of aryl methyl sites for hydroxylation is 1. The van der Waals surface area contributed by atoms with Crippen LogP contribution in [0.25, 0.3) is 11.5 Å². The van der Waals surface area contributed by atoms with Crippen LogP contribution in [0.2, 0.25) is 0 Å². The lowest BCUT2D eigenvalue weighted by molar-refractivity contribution is 0.102. The van der Waals surface area contributed by atoms with Crippen molar-refractivity contribution in [1.29, 1.82) is 0 Å². The van der Waals surface area contributed by atoms with Crippen molar-refractivity contribution in [3.63, 3.8) is 0 Å². The predicted octanol–water partition coefficient (Wildman–Crippen LogP) is 4.73. The molecule has 0 radical (unpaired) electrons. The second-order valence-corrected chi connectivity index (χ2v) is 6.18. The van der Waals surface area contributed by atoms with Gasteiger partial charge in [-0.15, -0.1) is 11.3 Å². The number of rotatable bonds is 3. The molecule has 0 aliphatic heterocycles. The normalized spacial score (nSPS) is 10.6. The molecule has 0 unspecified atom stereocenters. The second-order valence-electron chi connectivity index (χ2n) is 4.41. The third-order valence-electron chi connectivity index (χ3n) is 2.82. The minimum Gasteiger partial charge on any atom is -0.460 e. The highest BCUT2D eigenvalue weighted by atomic mass is 79.9.